The molecular formula is C17H26N2O4. The molecule has 0 aromatic carbocycles. The molecule has 0 spiro atoms. The number of likely N-dealkylation sites (tertiary alicyclic amines) is 1. The average molecular weight is 322 g/mol. The fourth-order valence-corrected chi connectivity index (χ4v) is 3.06. The van der Waals surface area contributed by atoms with E-state index >= 15 is 0 Å². The summed E-state index contributed by atoms with van der Waals surface area (Å²) in [7, 11) is 3.39. The highest BCUT2D eigenvalue weighted by Gasteiger charge is 2.28. The summed E-state index contributed by atoms with van der Waals surface area (Å²) in [5.41, 5.74) is 0.788. The van der Waals surface area contributed by atoms with Crippen molar-refractivity contribution in [3.8, 4) is 0 Å². The number of amides is 1. The van der Waals surface area contributed by atoms with Crippen LogP contribution in [0.1, 0.15) is 48.2 Å². The van der Waals surface area contributed by atoms with E-state index in [-0.39, 0.29) is 17.7 Å². The molecule has 1 aromatic rings. The van der Waals surface area contributed by atoms with Gasteiger partial charge in [-0.05, 0) is 39.3 Å². The second kappa shape index (κ2) is 7.17. The molecule has 23 heavy (non-hydrogen) atoms. The lowest BCUT2D eigenvalue weighted by Crippen LogP contribution is -2.31. The Balaban J connectivity index is 1.99. The molecule has 1 aromatic heterocycles. The van der Waals surface area contributed by atoms with Gasteiger partial charge in [-0.25, -0.2) is 4.79 Å². The van der Waals surface area contributed by atoms with Crippen LogP contribution >= 0.6 is 0 Å². The number of nitrogens with zero attached hydrogens (tertiary/aromatic N) is 2. The van der Waals surface area contributed by atoms with Gasteiger partial charge in [0.2, 0.25) is 11.7 Å². The first-order valence-corrected chi connectivity index (χ1v) is 7.97. The van der Waals surface area contributed by atoms with Crippen LogP contribution in [0, 0.1) is 12.8 Å². The Bertz CT molecular complexity index is 581. The van der Waals surface area contributed by atoms with Crippen LogP contribution in [-0.2, 0) is 9.53 Å². The first-order valence-electron chi connectivity index (χ1n) is 7.97. The molecule has 0 saturated carbocycles. The molecular weight excluding hydrogens is 296 g/mol. The standard InChI is InChI=1S/C17H26N2O4/c1-11-8-15(23-16(11)17(21)22-5)12(2)18(4)9-14-6-7-19(10-14)13(3)20/h8,12,14H,6-7,9-10H2,1-5H3. The zero-order valence-corrected chi connectivity index (χ0v) is 14.6. The van der Waals surface area contributed by atoms with E-state index in [9.17, 15) is 9.59 Å². The summed E-state index contributed by atoms with van der Waals surface area (Å²) in [6, 6.07) is 1.95. The molecule has 2 unspecified atom stereocenters. The van der Waals surface area contributed by atoms with Crippen LogP contribution in [-0.4, -0.2) is 55.5 Å². The molecule has 1 saturated heterocycles. The molecule has 2 heterocycles. The van der Waals surface area contributed by atoms with Crippen LogP contribution in [0.15, 0.2) is 10.5 Å². The molecule has 1 aliphatic heterocycles. The quantitative estimate of drug-likeness (QED) is 0.778. The number of carbonyl (C=O) groups is 2. The van der Waals surface area contributed by atoms with Gasteiger partial charge in [-0.2, -0.15) is 0 Å². The first kappa shape index (κ1) is 17.5. The monoisotopic (exact) mass is 322 g/mol. The number of ether oxygens (including phenoxy) is 1. The summed E-state index contributed by atoms with van der Waals surface area (Å²) in [6.07, 6.45) is 1.03. The van der Waals surface area contributed by atoms with E-state index in [1.165, 1.54) is 7.11 Å². The van der Waals surface area contributed by atoms with Gasteiger partial charge in [-0.15, -0.1) is 0 Å². The topological polar surface area (TPSA) is 63.0 Å². The molecule has 0 bridgehead atoms. The Morgan fingerprint density at radius 3 is 2.78 bits per heavy atom. The van der Waals surface area contributed by atoms with Crippen LogP contribution in [0.3, 0.4) is 0 Å². The predicted molar refractivity (Wildman–Crippen MR) is 86.2 cm³/mol. The SMILES string of the molecule is COC(=O)c1oc(C(C)N(C)CC2CCN(C(C)=O)C2)cc1C. The van der Waals surface area contributed by atoms with Crippen LogP contribution in [0.2, 0.25) is 0 Å². The largest absolute Gasteiger partial charge is 0.463 e. The maximum absolute atomic E-state index is 11.7. The maximum Gasteiger partial charge on any atom is 0.374 e. The van der Waals surface area contributed by atoms with Gasteiger partial charge in [-0.3, -0.25) is 9.69 Å². The van der Waals surface area contributed by atoms with E-state index in [0.29, 0.717) is 5.92 Å². The van der Waals surface area contributed by atoms with Gasteiger partial charge in [0, 0.05) is 32.1 Å². The van der Waals surface area contributed by atoms with Crippen molar-refractivity contribution in [1.29, 1.82) is 0 Å². The molecule has 1 amide bonds. The van der Waals surface area contributed by atoms with E-state index in [1.807, 2.05) is 24.9 Å². The van der Waals surface area contributed by atoms with Gasteiger partial charge >= 0.3 is 5.97 Å². The molecule has 2 rings (SSSR count). The van der Waals surface area contributed by atoms with Crippen LogP contribution in [0.4, 0.5) is 0 Å². The Morgan fingerprint density at radius 2 is 2.22 bits per heavy atom. The van der Waals surface area contributed by atoms with Crippen LogP contribution in [0.25, 0.3) is 0 Å². The second-order valence-electron chi connectivity index (χ2n) is 6.39. The zero-order valence-electron chi connectivity index (χ0n) is 14.6. The minimum Gasteiger partial charge on any atom is -0.463 e. The first-order chi connectivity index (χ1) is 10.8. The highest BCUT2D eigenvalue weighted by atomic mass is 16.5. The fourth-order valence-electron chi connectivity index (χ4n) is 3.06. The molecule has 0 aliphatic carbocycles. The lowest BCUT2D eigenvalue weighted by atomic mass is 10.1. The highest BCUT2D eigenvalue weighted by molar-refractivity contribution is 5.87. The van der Waals surface area contributed by atoms with Crippen molar-refractivity contribution >= 4 is 11.9 Å². The third kappa shape index (κ3) is 3.93. The van der Waals surface area contributed by atoms with E-state index in [0.717, 1.165) is 37.4 Å². The van der Waals surface area contributed by atoms with E-state index in [2.05, 4.69) is 11.8 Å². The number of hydrogen-bond donors (Lipinski definition) is 0. The number of rotatable bonds is 5. The molecule has 1 aliphatic rings. The van der Waals surface area contributed by atoms with Gasteiger partial charge in [0.1, 0.15) is 5.76 Å². The van der Waals surface area contributed by atoms with Crippen molar-refractivity contribution in [2.75, 3.05) is 33.8 Å². The van der Waals surface area contributed by atoms with Gasteiger partial charge in [0.25, 0.3) is 0 Å². The molecule has 6 nitrogen and oxygen atoms in total. The summed E-state index contributed by atoms with van der Waals surface area (Å²) in [5, 5.41) is 0. The normalized spacial score (nSPS) is 19.2. The van der Waals surface area contributed by atoms with Gasteiger partial charge in [-0.1, -0.05) is 0 Å². The van der Waals surface area contributed by atoms with Crippen molar-refractivity contribution < 1.29 is 18.7 Å². The highest BCUT2D eigenvalue weighted by Crippen LogP contribution is 2.27. The summed E-state index contributed by atoms with van der Waals surface area (Å²) in [4.78, 5) is 27.2. The molecule has 6 heteroatoms. The zero-order chi connectivity index (χ0) is 17.1. The summed E-state index contributed by atoms with van der Waals surface area (Å²) in [6.45, 7) is 8.06. The van der Waals surface area contributed by atoms with E-state index in [4.69, 9.17) is 9.15 Å². The van der Waals surface area contributed by atoms with Crippen molar-refractivity contribution in [3.63, 3.8) is 0 Å². The molecule has 128 valence electrons. The van der Waals surface area contributed by atoms with Crippen molar-refractivity contribution in [3.05, 3.63) is 23.2 Å². The summed E-state index contributed by atoms with van der Waals surface area (Å²) in [5.74, 6) is 1.20. The third-order valence-corrected chi connectivity index (χ3v) is 4.66. The van der Waals surface area contributed by atoms with Crippen molar-refractivity contribution in [1.82, 2.24) is 9.80 Å². The number of methoxy groups -OCH3 is 1. The lowest BCUT2D eigenvalue weighted by molar-refractivity contribution is -0.127. The smallest absolute Gasteiger partial charge is 0.374 e. The fraction of sp³-hybridized carbons (Fsp3) is 0.647. The molecule has 1 fully saturated rings. The number of furan rings is 1. The molecule has 0 radical (unpaired) electrons. The minimum atomic E-state index is -0.448. The van der Waals surface area contributed by atoms with Crippen LogP contribution in [0.5, 0.6) is 0 Å². The van der Waals surface area contributed by atoms with Gasteiger partial charge in [0.05, 0.1) is 13.2 Å². The second-order valence-corrected chi connectivity index (χ2v) is 6.39. The number of aryl methyl sites for hydroxylation is 1. The lowest BCUT2D eigenvalue weighted by Gasteiger charge is -2.26. The number of hydrogen-bond acceptors (Lipinski definition) is 5. The van der Waals surface area contributed by atoms with Crippen molar-refractivity contribution in [2.45, 2.75) is 33.2 Å². The summed E-state index contributed by atoms with van der Waals surface area (Å²) >= 11 is 0. The van der Waals surface area contributed by atoms with Crippen LogP contribution < -0.4 is 0 Å². The Hall–Kier alpha value is -1.82. The average Bonchev–Trinajstić information content (AvgIpc) is 3.12. The third-order valence-electron chi connectivity index (χ3n) is 4.66. The Kier molecular flexibility index (Phi) is 5.46. The Morgan fingerprint density at radius 1 is 1.52 bits per heavy atom. The summed E-state index contributed by atoms with van der Waals surface area (Å²) < 4.78 is 10.4. The molecule has 0 N–H and O–H groups in total. The van der Waals surface area contributed by atoms with Gasteiger partial charge < -0.3 is 14.1 Å². The maximum atomic E-state index is 11.7. The minimum absolute atomic E-state index is 0.0542. The van der Waals surface area contributed by atoms with E-state index in [1.54, 1.807) is 6.92 Å². The van der Waals surface area contributed by atoms with Crippen molar-refractivity contribution in [2.24, 2.45) is 5.92 Å². The number of carbonyl (C=O) groups excluding carboxylic acids is 2. The Labute approximate surface area is 137 Å². The van der Waals surface area contributed by atoms with Gasteiger partial charge in [0.15, 0.2) is 0 Å². The molecule has 2 atom stereocenters. The number of esters is 1. The predicted octanol–water partition coefficient (Wildman–Crippen LogP) is 2.24. The van der Waals surface area contributed by atoms with E-state index < -0.39 is 5.97 Å².